The van der Waals surface area contributed by atoms with E-state index in [-0.39, 0.29) is 0 Å². The normalized spacial score (nSPS) is 22.8. The Labute approximate surface area is 275 Å². The highest BCUT2D eigenvalue weighted by Crippen LogP contribution is 2.43. The maximum Gasteiger partial charge on any atom is 0.324 e. The lowest BCUT2D eigenvalue weighted by molar-refractivity contribution is -0.404. The monoisotopic (exact) mass is 692 g/mol. The van der Waals surface area contributed by atoms with Crippen LogP contribution < -0.4 is 0 Å². The third-order valence-corrected chi connectivity index (χ3v) is 9.28. The van der Waals surface area contributed by atoms with Gasteiger partial charge in [0, 0.05) is 25.2 Å². The largest absolute Gasteiger partial charge is 0.497 e. The van der Waals surface area contributed by atoms with Crippen LogP contribution in [0.4, 0.5) is 34.1 Å². The van der Waals surface area contributed by atoms with E-state index in [0.717, 1.165) is 23.9 Å². The van der Waals surface area contributed by atoms with Gasteiger partial charge >= 0.3 is 22.7 Å². The molecule has 2 aromatic rings. The molecule has 4 fully saturated rings. The van der Waals surface area contributed by atoms with Crippen LogP contribution in [0, 0.1) is 72.5 Å². The molecule has 0 radical (unpaired) electrons. The number of rotatable bonds is 6. The van der Waals surface area contributed by atoms with Gasteiger partial charge in [0.1, 0.15) is 0 Å². The second kappa shape index (κ2) is 15.1. The topological polar surface area (TPSA) is 306 Å². The summed E-state index contributed by atoms with van der Waals surface area (Å²) in [5.41, 5.74) is -6.00. The molecule has 22 nitrogen and oxygen atoms in total. The van der Waals surface area contributed by atoms with Gasteiger partial charge in [-0.1, -0.05) is 12.8 Å². The SMILES string of the molecule is C1CCN2C[C@H]3C[C@H](CN4CCCC[C@@H]34)[C@H]2C1.O=[N+]([O-])c1cc([N+](=O)[O-])c(O)c([N+](=O)[O-])c1.O=[N+]([O-])c1cc([N+](=O)[O-])c(O)c([N+](=O)[O-])c1. The number of benzene rings is 2. The smallest absolute Gasteiger partial charge is 0.324 e. The lowest BCUT2D eigenvalue weighted by Crippen LogP contribution is -2.63. The number of piperidine rings is 4. The molecule has 0 amide bonds. The molecule has 2 aromatic carbocycles. The fourth-order valence-corrected chi connectivity index (χ4v) is 7.20. The lowest BCUT2D eigenvalue weighted by Gasteiger charge is -2.57. The predicted molar refractivity (Wildman–Crippen MR) is 166 cm³/mol. The van der Waals surface area contributed by atoms with Crippen LogP contribution in [0.1, 0.15) is 44.9 Å². The summed E-state index contributed by atoms with van der Waals surface area (Å²) < 4.78 is 0. The number of aromatic hydroxyl groups is 2. The first-order valence-electron chi connectivity index (χ1n) is 15.2. The Morgan fingerprint density at radius 3 is 1.08 bits per heavy atom. The first-order chi connectivity index (χ1) is 23.1. The van der Waals surface area contributed by atoms with Crippen LogP contribution in [-0.4, -0.2) is 87.8 Å². The molecular weight excluding hydrogens is 660 g/mol. The Morgan fingerprint density at radius 1 is 0.510 bits per heavy atom. The van der Waals surface area contributed by atoms with E-state index in [0.29, 0.717) is 24.3 Å². The average Bonchev–Trinajstić information content (AvgIpc) is 3.05. The minimum atomic E-state index is -1.21. The van der Waals surface area contributed by atoms with Crippen molar-refractivity contribution < 1.29 is 39.8 Å². The molecule has 2 N–H and O–H groups in total. The number of hydrogen-bond donors (Lipinski definition) is 2. The standard InChI is InChI=1S/C15H26N2.2C6H3N3O7/c1-3-7-16-11-13-9-12(14(16)5-1)10-17-8-4-2-6-15(13)17;2*10-6-4(8(13)14)1-3(7(11)12)2-5(6)9(15)16/h12-15H,1-11H2;2*1-2,10H/t12-,13-,14-,15+;;/m1../s1. The highest BCUT2D eigenvalue weighted by atomic mass is 16.7. The van der Waals surface area contributed by atoms with E-state index in [1.165, 1.54) is 64.7 Å². The molecule has 4 heterocycles. The average molecular weight is 693 g/mol. The van der Waals surface area contributed by atoms with Crippen molar-refractivity contribution in [2.45, 2.75) is 57.0 Å². The van der Waals surface area contributed by atoms with Crippen molar-refractivity contribution >= 4 is 34.1 Å². The van der Waals surface area contributed by atoms with Crippen molar-refractivity contribution in [1.82, 2.24) is 9.80 Å². The van der Waals surface area contributed by atoms with Gasteiger partial charge in [-0.25, -0.2) is 0 Å². The van der Waals surface area contributed by atoms with E-state index in [4.69, 9.17) is 10.2 Å². The summed E-state index contributed by atoms with van der Waals surface area (Å²) in [5.74, 6) is -0.381. The summed E-state index contributed by atoms with van der Waals surface area (Å²) in [6, 6.07) is 3.71. The van der Waals surface area contributed by atoms with Crippen LogP contribution >= 0.6 is 0 Å². The van der Waals surface area contributed by atoms with Gasteiger partial charge in [-0.15, -0.1) is 0 Å². The number of phenols is 2. The molecular formula is C27H32N8O14. The summed E-state index contributed by atoms with van der Waals surface area (Å²) in [5, 5.41) is 80.4. The predicted octanol–water partition coefficient (Wildman–Crippen LogP) is 4.58. The molecule has 0 spiro atoms. The summed E-state index contributed by atoms with van der Waals surface area (Å²) in [6.45, 7) is 5.68. The van der Waals surface area contributed by atoms with E-state index >= 15 is 0 Å². The summed E-state index contributed by atoms with van der Waals surface area (Å²) in [6.07, 6.45) is 10.5. The quantitative estimate of drug-likeness (QED) is 0.309. The zero-order valence-electron chi connectivity index (χ0n) is 25.8. The summed E-state index contributed by atoms with van der Waals surface area (Å²) in [4.78, 5) is 61.3. The number of nitrogens with zero attached hydrogens (tertiary/aromatic N) is 8. The molecule has 0 saturated carbocycles. The highest BCUT2D eigenvalue weighted by Gasteiger charge is 2.46. The second-order valence-electron chi connectivity index (χ2n) is 12.1. The van der Waals surface area contributed by atoms with Gasteiger partial charge in [-0.2, -0.15) is 0 Å². The first kappa shape index (κ1) is 36.2. The van der Waals surface area contributed by atoms with Crippen LogP contribution in [0.5, 0.6) is 11.5 Å². The Kier molecular flexibility index (Phi) is 11.1. The van der Waals surface area contributed by atoms with E-state index in [2.05, 4.69) is 9.80 Å². The molecule has 22 heteroatoms. The van der Waals surface area contributed by atoms with Crippen molar-refractivity contribution in [3.8, 4) is 11.5 Å². The molecule has 6 rings (SSSR count). The van der Waals surface area contributed by atoms with E-state index < -0.39 is 75.2 Å². The van der Waals surface area contributed by atoms with Gasteiger partial charge in [-0.3, -0.25) is 70.5 Å². The van der Waals surface area contributed by atoms with Crippen LogP contribution in [0.25, 0.3) is 0 Å². The van der Waals surface area contributed by atoms with E-state index in [1.54, 1.807) is 6.42 Å². The van der Waals surface area contributed by atoms with Gasteiger partial charge < -0.3 is 10.2 Å². The van der Waals surface area contributed by atoms with Gasteiger partial charge in [0.2, 0.25) is 0 Å². The molecule has 4 saturated heterocycles. The molecule has 0 aromatic heterocycles. The minimum absolute atomic E-state index is 0.447. The van der Waals surface area contributed by atoms with Crippen LogP contribution in [0.2, 0.25) is 0 Å². The maximum atomic E-state index is 10.4. The Balaban J connectivity index is 0.000000166. The third-order valence-electron chi connectivity index (χ3n) is 9.28. The molecule has 4 aliphatic rings. The molecule has 2 bridgehead atoms. The Morgan fingerprint density at radius 2 is 0.816 bits per heavy atom. The zero-order valence-corrected chi connectivity index (χ0v) is 25.8. The van der Waals surface area contributed by atoms with Crippen LogP contribution in [0.15, 0.2) is 24.3 Å². The number of nitro groups is 6. The molecule has 0 unspecified atom stereocenters. The Hall–Kier alpha value is -5.64. The number of fused-ring (bicyclic) bond motifs is 6. The summed E-state index contributed by atoms with van der Waals surface area (Å²) in [7, 11) is 0. The highest BCUT2D eigenvalue weighted by molar-refractivity contribution is 5.65. The van der Waals surface area contributed by atoms with E-state index in [9.17, 15) is 60.7 Å². The second-order valence-corrected chi connectivity index (χ2v) is 12.1. The zero-order chi connectivity index (χ0) is 36.2. The molecule has 4 aliphatic heterocycles. The Bertz CT molecular complexity index is 1480. The number of nitro benzene ring substituents is 6. The van der Waals surface area contributed by atoms with Crippen molar-refractivity contribution in [3.05, 3.63) is 85.0 Å². The summed E-state index contributed by atoms with van der Waals surface area (Å²) >= 11 is 0. The molecule has 4 atom stereocenters. The number of hydrogen-bond acceptors (Lipinski definition) is 16. The van der Waals surface area contributed by atoms with Crippen molar-refractivity contribution in [2.75, 3.05) is 26.2 Å². The fraction of sp³-hybridized carbons (Fsp3) is 0.556. The molecule has 264 valence electrons. The third kappa shape index (κ3) is 8.09. The minimum Gasteiger partial charge on any atom is -0.497 e. The number of non-ortho nitro benzene ring substituents is 2. The fourth-order valence-electron chi connectivity index (χ4n) is 7.20. The van der Waals surface area contributed by atoms with E-state index in [1.807, 2.05) is 0 Å². The van der Waals surface area contributed by atoms with Gasteiger partial charge in [0.25, 0.3) is 22.9 Å². The van der Waals surface area contributed by atoms with Gasteiger partial charge in [-0.05, 0) is 57.0 Å². The molecule has 0 aliphatic carbocycles. The van der Waals surface area contributed by atoms with Crippen molar-refractivity contribution in [3.63, 3.8) is 0 Å². The number of phenolic OH excluding ortho intramolecular Hbond substituents is 2. The maximum absolute atomic E-state index is 10.4. The molecule has 49 heavy (non-hydrogen) atoms. The van der Waals surface area contributed by atoms with Crippen LogP contribution in [-0.2, 0) is 0 Å². The van der Waals surface area contributed by atoms with Crippen molar-refractivity contribution in [1.29, 1.82) is 0 Å². The lowest BCUT2D eigenvalue weighted by atomic mass is 9.71. The van der Waals surface area contributed by atoms with Crippen molar-refractivity contribution in [2.24, 2.45) is 11.8 Å². The van der Waals surface area contributed by atoms with Gasteiger partial charge in [0.05, 0.1) is 53.8 Å². The van der Waals surface area contributed by atoms with Crippen LogP contribution in [0.3, 0.4) is 0 Å². The first-order valence-corrected chi connectivity index (χ1v) is 15.2. The van der Waals surface area contributed by atoms with Gasteiger partial charge in [0.15, 0.2) is 0 Å².